The molecule has 0 radical (unpaired) electrons. The van der Waals surface area contributed by atoms with Crippen molar-refractivity contribution in [3.8, 4) is 5.75 Å². The number of halogens is 1. The van der Waals surface area contributed by atoms with E-state index in [9.17, 15) is 8.42 Å². The molecule has 0 heterocycles. The molecule has 0 amide bonds. The average Bonchev–Trinajstić information content (AvgIpc) is 2.42. The molecule has 0 unspecified atom stereocenters. The molecule has 0 atom stereocenters. The molecule has 19 heavy (non-hydrogen) atoms. The summed E-state index contributed by atoms with van der Waals surface area (Å²) in [5, 5.41) is 0. The van der Waals surface area contributed by atoms with Gasteiger partial charge in [0, 0.05) is 12.1 Å². The topological polar surface area (TPSA) is 55.4 Å². The first-order chi connectivity index (χ1) is 9.05. The van der Waals surface area contributed by atoms with Gasteiger partial charge in [-0.3, -0.25) is 0 Å². The molecule has 0 bridgehead atoms. The highest BCUT2D eigenvalue weighted by atomic mass is 35.5. The van der Waals surface area contributed by atoms with E-state index >= 15 is 0 Å². The van der Waals surface area contributed by atoms with Crippen LogP contribution in [0.4, 0.5) is 0 Å². The number of hydrogen-bond acceptors (Lipinski definition) is 3. The van der Waals surface area contributed by atoms with Gasteiger partial charge in [0.15, 0.2) is 0 Å². The molecular formula is C13H20ClNO3S. The summed E-state index contributed by atoms with van der Waals surface area (Å²) < 4.78 is 32.0. The Hall–Kier alpha value is -0.780. The first-order valence-corrected chi connectivity index (χ1v) is 8.38. The van der Waals surface area contributed by atoms with E-state index in [4.69, 9.17) is 16.3 Å². The second kappa shape index (κ2) is 7.72. The number of ether oxygens (including phenoxy) is 1. The Labute approximate surface area is 120 Å². The number of sulfonamides is 1. The molecule has 4 nitrogen and oxygen atoms in total. The molecule has 1 aromatic rings. The Kier molecular flexibility index (Phi) is 6.62. The minimum atomic E-state index is -3.46. The SMILES string of the molecule is CCCNS(=O)(=O)c1ccc(OCCC)c(CCl)c1. The average molecular weight is 306 g/mol. The van der Waals surface area contributed by atoms with Crippen molar-refractivity contribution >= 4 is 21.6 Å². The van der Waals surface area contributed by atoms with E-state index in [1.165, 1.54) is 0 Å². The second-order valence-electron chi connectivity index (χ2n) is 4.15. The maximum atomic E-state index is 12.0. The summed E-state index contributed by atoms with van der Waals surface area (Å²) >= 11 is 5.84. The summed E-state index contributed by atoms with van der Waals surface area (Å²) in [6, 6.07) is 4.77. The van der Waals surface area contributed by atoms with Gasteiger partial charge in [0.2, 0.25) is 10.0 Å². The van der Waals surface area contributed by atoms with Crippen LogP contribution in [0.2, 0.25) is 0 Å². The predicted octanol–water partition coefficient (Wildman–Crippen LogP) is 2.90. The molecule has 6 heteroatoms. The summed E-state index contributed by atoms with van der Waals surface area (Å²) in [5.74, 6) is 0.863. The Bertz CT molecular complexity index is 503. The fraction of sp³-hybridized carbons (Fsp3) is 0.538. The van der Waals surface area contributed by atoms with Crippen LogP contribution in [0.25, 0.3) is 0 Å². The molecular weight excluding hydrogens is 286 g/mol. The minimum absolute atomic E-state index is 0.218. The highest BCUT2D eigenvalue weighted by Crippen LogP contribution is 2.24. The normalized spacial score (nSPS) is 11.5. The van der Waals surface area contributed by atoms with E-state index in [1.54, 1.807) is 18.2 Å². The van der Waals surface area contributed by atoms with E-state index in [-0.39, 0.29) is 10.8 Å². The number of nitrogens with one attached hydrogen (secondary N) is 1. The van der Waals surface area contributed by atoms with E-state index in [0.717, 1.165) is 12.8 Å². The maximum Gasteiger partial charge on any atom is 0.240 e. The summed E-state index contributed by atoms with van der Waals surface area (Å²) in [5.41, 5.74) is 0.689. The van der Waals surface area contributed by atoms with E-state index in [0.29, 0.717) is 24.5 Å². The van der Waals surface area contributed by atoms with Crippen molar-refractivity contribution in [3.05, 3.63) is 23.8 Å². The van der Waals surface area contributed by atoms with Gasteiger partial charge in [-0.25, -0.2) is 13.1 Å². The molecule has 1 N–H and O–H groups in total. The summed E-state index contributed by atoms with van der Waals surface area (Å²) in [7, 11) is -3.46. The van der Waals surface area contributed by atoms with Gasteiger partial charge in [-0.2, -0.15) is 0 Å². The van der Waals surface area contributed by atoms with Crippen LogP contribution in [-0.2, 0) is 15.9 Å². The van der Waals surface area contributed by atoms with Crippen molar-refractivity contribution in [3.63, 3.8) is 0 Å². The van der Waals surface area contributed by atoms with Crippen LogP contribution in [0.1, 0.15) is 32.3 Å². The Morgan fingerprint density at radius 1 is 1.26 bits per heavy atom. The van der Waals surface area contributed by atoms with Crippen LogP contribution in [0.3, 0.4) is 0 Å². The largest absolute Gasteiger partial charge is 0.493 e. The monoisotopic (exact) mass is 305 g/mol. The third kappa shape index (κ3) is 4.67. The van der Waals surface area contributed by atoms with Gasteiger partial charge in [0.1, 0.15) is 5.75 Å². The Balaban J connectivity index is 2.99. The minimum Gasteiger partial charge on any atom is -0.493 e. The highest BCUT2D eigenvalue weighted by Gasteiger charge is 2.15. The summed E-state index contributed by atoms with van der Waals surface area (Å²) in [4.78, 5) is 0.223. The van der Waals surface area contributed by atoms with E-state index < -0.39 is 10.0 Å². The number of alkyl halides is 1. The first kappa shape index (κ1) is 16.3. The van der Waals surface area contributed by atoms with Gasteiger partial charge in [-0.1, -0.05) is 13.8 Å². The molecule has 0 saturated heterocycles. The van der Waals surface area contributed by atoms with Gasteiger partial charge < -0.3 is 4.74 Å². The van der Waals surface area contributed by atoms with Crippen molar-refractivity contribution in [2.75, 3.05) is 13.2 Å². The van der Waals surface area contributed by atoms with Gasteiger partial charge in [-0.15, -0.1) is 11.6 Å². The lowest BCUT2D eigenvalue weighted by atomic mass is 10.2. The first-order valence-electron chi connectivity index (χ1n) is 6.36. The van der Waals surface area contributed by atoms with Gasteiger partial charge in [0.05, 0.1) is 17.4 Å². The zero-order valence-electron chi connectivity index (χ0n) is 11.3. The van der Waals surface area contributed by atoms with Crippen molar-refractivity contribution in [2.45, 2.75) is 37.5 Å². The lowest BCUT2D eigenvalue weighted by molar-refractivity contribution is 0.315. The lowest BCUT2D eigenvalue weighted by Crippen LogP contribution is -2.24. The molecule has 0 aromatic heterocycles. The molecule has 0 fully saturated rings. The van der Waals surface area contributed by atoms with Gasteiger partial charge in [0.25, 0.3) is 0 Å². The van der Waals surface area contributed by atoms with Crippen molar-refractivity contribution in [1.82, 2.24) is 4.72 Å². The van der Waals surface area contributed by atoms with Crippen molar-refractivity contribution < 1.29 is 13.2 Å². The number of rotatable bonds is 8. The smallest absolute Gasteiger partial charge is 0.240 e. The van der Waals surface area contributed by atoms with Crippen LogP contribution in [0.15, 0.2) is 23.1 Å². The van der Waals surface area contributed by atoms with Crippen LogP contribution < -0.4 is 9.46 Å². The third-order valence-electron chi connectivity index (χ3n) is 2.49. The second-order valence-corrected chi connectivity index (χ2v) is 6.18. The zero-order chi connectivity index (χ0) is 14.3. The summed E-state index contributed by atoms with van der Waals surface area (Å²) in [6.45, 7) is 4.93. The fourth-order valence-electron chi connectivity index (χ4n) is 1.50. The van der Waals surface area contributed by atoms with Gasteiger partial charge >= 0.3 is 0 Å². The highest BCUT2D eigenvalue weighted by molar-refractivity contribution is 7.89. The zero-order valence-corrected chi connectivity index (χ0v) is 12.9. The molecule has 1 rings (SSSR count). The van der Waals surface area contributed by atoms with Gasteiger partial charge in [-0.05, 0) is 31.0 Å². The van der Waals surface area contributed by atoms with E-state index in [2.05, 4.69) is 4.72 Å². The predicted molar refractivity (Wildman–Crippen MR) is 77.3 cm³/mol. The fourth-order valence-corrected chi connectivity index (χ4v) is 2.89. The van der Waals surface area contributed by atoms with Crippen LogP contribution in [0, 0.1) is 0 Å². The maximum absolute atomic E-state index is 12.0. The molecule has 1 aromatic carbocycles. The quantitative estimate of drug-likeness (QED) is 0.751. The van der Waals surface area contributed by atoms with Crippen molar-refractivity contribution in [1.29, 1.82) is 0 Å². The van der Waals surface area contributed by atoms with Crippen LogP contribution in [0.5, 0.6) is 5.75 Å². The lowest BCUT2D eigenvalue weighted by Gasteiger charge is -2.11. The number of hydrogen-bond donors (Lipinski definition) is 1. The molecule has 0 spiro atoms. The number of benzene rings is 1. The molecule has 0 aliphatic rings. The van der Waals surface area contributed by atoms with E-state index in [1.807, 2.05) is 13.8 Å². The standard InChI is InChI=1S/C13H20ClNO3S/c1-3-7-15-19(16,17)12-5-6-13(18-8-4-2)11(9-12)10-14/h5-6,9,15H,3-4,7-8,10H2,1-2H3. The van der Waals surface area contributed by atoms with Crippen LogP contribution >= 0.6 is 11.6 Å². The molecule has 108 valence electrons. The van der Waals surface area contributed by atoms with Crippen molar-refractivity contribution in [2.24, 2.45) is 0 Å². The third-order valence-corrected chi connectivity index (χ3v) is 4.24. The Morgan fingerprint density at radius 2 is 2.00 bits per heavy atom. The van der Waals surface area contributed by atoms with Crippen LogP contribution in [-0.4, -0.2) is 21.6 Å². The molecule has 0 aliphatic carbocycles. The Morgan fingerprint density at radius 3 is 2.58 bits per heavy atom. The molecule has 0 saturated carbocycles. The summed E-state index contributed by atoms with van der Waals surface area (Å²) in [6.07, 6.45) is 1.64. The molecule has 0 aliphatic heterocycles.